The van der Waals surface area contributed by atoms with Crippen LogP contribution in [0, 0.1) is 5.92 Å². The molecule has 1 unspecified atom stereocenters. The van der Waals surface area contributed by atoms with Crippen molar-refractivity contribution in [3.05, 3.63) is 18.2 Å². The van der Waals surface area contributed by atoms with Crippen LogP contribution < -0.4 is 9.64 Å². The summed E-state index contributed by atoms with van der Waals surface area (Å²) in [5.41, 5.74) is 0.923. The molecule has 1 aromatic heterocycles. The van der Waals surface area contributed by atoms with Crippen LogP contribution in [0.4, 0.5) is 5.13 Å². The first-order valence-corrected chi connectivity index (χ1v) is 11.0. The van der Waals surface area contributed by atoms with Crippen molar-refractivity contribution in [3.8, 4) is 5.75 Å². The molecule has 0 radical (unpaired) electrons. The number of thiazole rings is 1. The zero-order valence-electron chi connectivity index (χ0n) is 16.0. The van der Waals surface area contributed by atoms with Gasteiger partial charge in [0.2, 0.25) is 5.91 Å². The zero-order valence-corrected chi connectivity index (χ0v) is 16.8. The Morgan fingerprint density at radius 3 is 2.85 bits per heavy atom. The molecule has 4 rings (SSSR count). The maximum atomic E-state index is 13.3. The van der Waals surface area contributed by atoms with E-state index in [1.54, 1.807) is 11.3 Å². The van der Waals surface area contributed by atoms with E-state index in [0.29, 0.717) is 13.2 Å². The Hall–Kier alpha value is -1.66. The summed E-state index contributed by atoms with van der Waals surface area (Å²) in [5, 5.41) is 0.796. The molecule has 2 heterocycles. The van der Waals surface area contributed by atoms with Gasteiger partial charge in [0.05, 0.1) is 29.5 Å². The van der Waals surface area contributed by atoms with Crippen LogP contribution >= 0.6 is 11.3 Å². The first-order valence-electron chi connectivity index (χ1n) is 10.2. The Labute approximate surface area is 164 Å². The molecule has 1 saturated heterocycles. The van der Waals surface area contributed by atoms with Crippen molar-refractivity contribution in [2.45, 2.75) is 58.0 Å². The summed E-state index contributed by atoms with van der Waals surface area (Å²) < 4.78 is 12.5. The molecule has 1 amide bonds. The average Bonchev–Trinajstić information content (AvgIpc) is 3.35. The number of amides is 1. The minimum atomic E-state index is 0.128. The number of ether oxygens (including phenoxy) is 2. The lowest BCUT2D eigenvalue weighted by Gasteiger charge is -2.29. The molecule has 1 aliphatic heterocycles. The molecule has 5 nitrogen and oxygen atoms in total. The van der Waals surface area contributed by atoms with Gasteiger partial charge in [-0.05, 0) is 50.8 Å². The van der Waals surface area contributed by atoms with Gasteiger partial charge in [0.1, 0.15) is 5.75 Å². The largest absolute Gasteiger partial charge is 0.494 e. The monoisotopic (exact) mass is 388 g/mol. The van der Waals surface area contributed by atoms with Crippen molar-refractivity contribution in [3.63, 3.8) is 0 Å². The lowest BCUT2D eigenvalue weighted by atomic mass is 9.88. The highest BCUT2D eigenvalue weighted by Crippen LogP contribution is 2.34. The number of hydrogen-bond acceptors (Lipinski definition) is 5. The van der Waals surface area contributed by atoms with Gasteiger partial charge in [-0.25, -0.2) is 4.98 Å². The second-order valence-electron chi connectivity index (χ2n) is 7.48. The Bertz CT molecular complexity index is 779. The van der Waals surface area contributed by atoms with Crippen molar-refractivity contribution in [1.29, 1.82) is 0 Å². The van der Waals surface area contributed by atoms with E-state index in [1.165, 1.54) is 6.42 Å². The molecule has 6 heteroatoms. The van der Waals surface area contributed by atoms with E-state index < -0.39 is 0 Å². The number of benzene rings is 1. The summed E-state index contributed by atoms with van der Waals surface area (Å²) >= 11 is 1.58. The highest BCUT2D eigenvalue weighted by atomic mass is 32.1. The first kappa shape index (κ1) is 18.7. The zero-order chi connectivity index (χ0) is 18.6. The fraction of sp³-hybridized carbons (Fsp3) is 0.619. The number of rotatable bonds is 6. The molecule has 2 fully saturated rings. The first-order chi connectivity index (χ1) is 13.2. The van der Waals surface area contributed by atoms with E-state index >= 15 is 0 Å². The lowest BCUT2D eigenvalue weighted by Crippen LogP contribution is -2.41. The molecule has 27 heavy (non-hydrogen) atoms. The maximum Gasteiger partial charge on any atom is 0.231 e. The molecule has 0 bridgehead atoms. The van der Waals surface area contributed by atoms with Gasteiger partial charge in [0.25, 0.3) is 0 Å². The van der Waals surface area contributed by atoms with Crippen LogP contribution in [0.25, 0.3) is 10.2 Å². The predicted octanol–water partition coefficient (Wildman–Crippen LogP) is 4.79. The third-order valence-electron chi connectivity index (χ3n) is 5.52. The molecule has 0 N–H and O–H groups in total. The molecular weight excluding hydrogens is 360 g/mol. The van der Waals surface area contributed by atoms with Gasteiger partial charge in [0.15, 0.2) is 5.13 Å². The van der Waals surface area contributed by atoms with E-state index in [9.17, 15) is 4.79 Å². The van der Waals surface area contributed by atoms with Crippen LogP contribution in [0.15, 0.2) is 18.2 Å². The average molecular weight is 389 g/mol. The molecule has 1 atom stereocenters. The van der Waals surface area contributed by atoms with Gasteiger partial charge in [-0.3, -0.25) is 9.69 Å². The third kappa shape index (κ3) is 4.27. The fourth-order valence-electron chi connectivity index (χ4n) is 4.09. The second kappa shape index (κ2) is 8.57. The molecule has 2 aliphatic rings. The number of hydrogen-bond donors (Lipinski definition) is 0. The number of carbonyl (C=O) groups is 1. The van der Waals surface area contributed by atoms with Crippen molar-refractivity contribution >= 4 is 32.6 Å². The van der Waals surface area contributed by atoms with Crippen molar-refractivity contribution in [2.24, 2.45) is 5.92 Å². The normalized spacial score (nSPS) is 20.9. The SMILES string of the molecule is CCOc1ccc2nc(N(CC3CCCO3)C(=O)C3CCCCC3)sc2c1. The van der Waals surface area contributed by atoms with Gasteiger partial charge in [-0.15, -0.1) is 0 Å². The summed E-state index contributed by atoms with van der Waals surface area (Å²) in [6.07, 6.45) is 7.78. The molecule has 1 saturated carbocycles. The van der Waals surface area contributed by atoms with Gasteiger partial charge in [0, 0.05) is 12.5 Å². The fourth-order valence-corrected chi connectivity index (χ4v) is 5.10. The standard InChI is InChI=1S/C21H28N2O3S/c1-2-25-16-10-11-18-19(13-16)27-21(22-18)23(14-17-9-6-12-26-17)20(24)15-7-4-3-5-8-15/h10-11,13,15,17H,2-9,12,14H2,1H3. The van der Waals surface area contributed by atoms with Crippen LogP contribution in [0.2, 0.25) is 0 Å². The summed E-state index contributed by atoms with van der Waals surface area (Å²) in [6, 6.07) is 5.95. The van der Waals surface area contributed by atoms with E-state index in [-0.39, 0.29) is 17.9 Å². The maximum absolute atomic E-state index is 13.3. The van der Waals surface area contributed by atoms with Crippen LogP contribution in [0.5, 0.6) is 5.75 Å². The van der Waals surface area contributed by atoms with Gasteiger partial charge >= 0.3 is 0 Å². The van der Waals surface area contributed by atoms with Gasteiger partial charge in [-0.2, -0.15) is 0 Å². The quantitative estimate of drug-likeness (QED) is 0.714. The Kier molecular flexibility index (Phi) is 5.93. The summed E-state index contributed by atoms with van der Waals surface area (Å²) in [6.45, 7) is 4.04. The summed E-state index contributed by atoms with van der Waals surface area (Å²) in [7, 11) is 0. The molecule has 1 aromatic carbocycles. The Morgan fingerprint density at radius 1 is 1.26 bits per heavy atom. The lowest BCUT2D eigenvalue weighted by molar-refractivity contribution is -0.123. The molecule has 0 spiro atoms. The van der Waals surface area contributed by atoms with E-state index in [1.807, 2.05) is 30.0 Å². The van der Waals surface area contributed by atoms with Crippen LogP contribution in [0.3, 0.4) is 0 Å². The summed E-state index contributed by atoms with van der Waals surface area (Å²) in [4.78, 5) is 20.0. The van der Waals surface area contributed by atoms with E-state index in [0.717, 1.165) is 66.2 Å². The highest BCUT2D eigenvalue weighted by molar-refractivity contribution is 7.22. The minimum absolute atomic E-state index is 0.128. The van der Waals surface area contributed by atoms with Crippen LogP contribution in [-0.4, -0.2) is 36.8 Å². The van der Waals surface area contributed by atoms with E-state index in [2.05, 4.69) is 0 Å². The van der Waals surface area contributed by atoms with E-state index in [4.69, 9.17) is 14.5 Å². The van der Waals surface area contributed by atoms with Crippen molar-refractivity contribution < 1.29 is 14.3 Å². The molecule has 1 aliphatic carbocycles. The number of aromatic nitrogens is 1. The van der Waals surface area contributed by atoms with Crippen molar-refractivity contribution in [2.75, 3.05) is 24.7 Å². The summed E-state index contributed by atoms with van der Waals surface area (Å²) in [5.74, 6) is 1.21. The van der Waals surface area contributed by atoms with Crippen LogP contribution in [0.1, 0.15) is 51.9 Å². The number of fused-ring (bicyclic) bond motifs is 1. The number of carbonyl (C=O) groups excluding carboxylic acids is 1. The topological polar surface area (TPSA) is 51.7 Å². The van der Waals surface area contributed by atoms with Crippen molar-refractivity contribution in [1.82, 2.24) is 4.98 Å². The van der Waals surface area contributed by atoms with Gasteiger partial charge in [-0.1, -0.05) is 30.6 Å². The molecule has 2 aromatic rings. The number of anilines is 1. The Morgan fingerprint density at radius 2 is 2.11 bits per heavy atom. The molecule has 146 valence electrons. The highest BCUT2D eigenvalue weighted by Gasteiger charge is 2.31. The van der Waals surface area contributed by atoms with Crippen LogP contribution in [-0.2, 0) is 9.53 Å². The molecular formula is C21H28N2O3S. The van der Waals surface area contributed by atoms with Gasteiger partial charge < -0.3 is 9.47 Å². The third-order valence-corrected chi connectivity index (χ3v) is 6.56. The second-order valence-corrected chi connectivity index (χ2v) is 8.49. The Balaban J connectivity index is 1.61. The smallest absolute Gasteiger partial charge is 0.231 e. The minimum Gasteiger partial charge on any atom is -0.494 e. The number of nitrogens with zero attached hydrogens (tertiary/aromatic N) is 2. The predicted molar refractivity (Wildman–Crippen MR) is 109 cm³/mol.